The highest BCUT2D eigenvalue weighted by Gasteiger charge is 2.17. The molecule has 0 saturated heterocycles. The van der Waals surface area contributed by atoms with E-state index in [4.69, 9.17) is 9.47 Å². The smallest absolute Gasteiger partial charge is 0.308 e. The van der Waals surface area contributed by atoms with Crippen molar-refractivity contribution >= 4 is 11.9 Å². The van der Waals surface area contributed by atoms with Gasteiger partial charge in [-0.15, -0.1) is 0 Å². The number of unbranched alkanes of at least 4 members (excludes halogenated alkanes) is 13. The topological polar surface area (TPSA) is 52.6 Å². The lowest BCUT2D eigenvalue weighted by atomic mass is 9.97. The molecule has 0 N–H and O–H groups in total. The first-order chi connectivity index (χ1) is 15.9. The van der Waals surface area contributed by atoms with Crippen molar-refractivity contribution in [1.29, 1.82) is 0 Å². The molecule has 0 aliphatic heterocycles. The van der Waals surface area contributed by atoms with Crippen LogP contribution in [-0.2, 0) is 19.1 Å². The Balaban J connectivity index is 3.35. The molecule has 196 valence electrons. The second-order valence-electron chi connectivity index (χ2n) is 10.7. The standard InChI is InChI=1S/C29H56O4/c1-6-27(29(31)33-24-26(4)5)21-19-17-15-13-11-9-7-8-10-12-14-16-18-20-22-28(30)32-23-25(2)3/h25-27H,6-24H2,1-5H3. The van der Waals surface area contributed by atoms with Gasteiger partial charge in [-0.25, -0.2) is 0 Å². The van der Waals surface area contributed by atoms with Gasteiger partial charge in [0.25, 0.3) is 0 Å². The highest BCUT2D eigenvalue weighted by molar-refractivity contribution is 5.72. The molecule has 0 fully saturated rings. The zero-order valence-electron chi connectivity index (χ0n) is 22.8. The highest BCUT2D eigenvalue weighted by atomic mass is 16.5. The summed E-state index contributed by atoms with van der Waals surface area (Å²) in [7, 11) is 0. The van der Waals surface area contributed by atoms with Crippen LogP contribution in [0, 0.1) is 17.8 Å². The van der Waals surface area contributed by atoms with E-state index in [-0.39, 0.29) is 17.9 Å². The average molecular weight is 469 g/mol. The molecule has 0 saturated carbocycles. The van der Waals surface area contributed by atoms with Crippen molar-refractivity contribution in [2.24, 2.45) is 17.8 Å². The molecule has 0 aliphatic carbocycles. The number of hydrogen-bond acceptors (Lipinski definition) is 4. The summed E-state index contributed by atoms with van der Waals surface area (Å²) in [6.45, 7) is 11.5. The molecular weight excluding hydrogens is 412 g/mol. The molecule has 0 radical (unpaired) electrons. The minimum absolute atomic E-state index is 0.00741. The summed E-state index contributed by atoms with van der Waals surface area (Å²) in [6, 6.07) is 0. The van der Waals surface area contributed by atoms with Gasteiger partial charge in [-0.1, -0.05) is 118 Å². The minimum Gasteiger partial charge on any atom is -0.465 e. The second-order valence-corrected chi connectivity index (χ2v) is 10.7. The van der Waals surface area contributed by atoms with Gasteiger partial charge in [0.15, 0.2) is 0 Å². The number of carbonyl (C=O) groups excluding carboxylic acids is 2. The Hall–Kier alpha value is -1.06. The summed E-state index contributed by atoms with van der Waals surface area (Å²) in [5, 5.41) is 0. The van der Waals surface area contributed by atoms with Crippen LogP contribution in [-0.4, -0.2) is 25.2 Å². The maximum Gasteiger partial charge on any atom is 0.308 e. The van der Waals surface area contributed by atoms with Crippen LogP contribution in [0.15, 0.2) is 0 Å². The van der Waals surface area contributed by atoms with Gasteiger partial charge in [0.2, 0.25) is 0 Å². The van der Waals surface area contributed by atoms with Gasteiger partial charge in [0.05, 0.1) is 19.1 Å². The quantitative estimate of drug-likeness (QED) is 0.111. The van der Waals surface area contributed by atoms with Crippen molar-refractivity contribution in [1.82, 2.24) is 0 Å². The normalized spacial score (nSPS) is 12.3. The van der Waals surface area contributed by atoms with Gasteiger partial charge in [-0.2, -0.15) is 0 Å². The number of carbonyl (C=O) groups is 2. The van der Waals surface area contributed by atoms with Crippen LogP contribution >= 0.6 is 0 Å². The van der Waals surface area contributed by atoms with E-state index < -0.39 is 0 Å². The molecule has 0 amide bonds. The average Bonchev–Trinajstić information content (AvgIpc) is 2.78. The third-order valence-electron chi connectivity index (χ3n) is 6.15. The Morgan fingerprint density at radius 2 is 0.970 bits per heavy atom. The molecule has 0 aromatic rings. The SMILES string of the molecule is CCC(CCCCCCCCCCCCCCCCC(=O)OCC(C)C)C(=O)OCC(C)C. The van der Waals surface area contributed by atoms with E-state index in [1.165, 1.54) is 70.6 Å². The minimum atomic E-state index is -0.0318. The van der Waals surface area contributed by atoms with Crippen LogP contribution in [0.25, 0.3) is 0 Å². The molecule has 4 nitrogen and oxygen atoms in total. The van der Waals surface area contributed by atoms with Crippen molar-refractivity contribution in [3.8, 4) is 0 Å². The molecule has 1 atom stereocenters. The van der Waals surface area contributed by atoms with Crippen molar-refractivity contribution in [3.05, 3.63) is 0 Å². The summed E-state index contributed by atoms with van der Waals surface area (Å²) in [6.07, 6.45) is 20.2. The van der Waals surface area contributed by atoms with E-state index in [0.717, 1.165) is 32.1 Å². The van der Waals surface area contributed by atoms with E-state index in [0.29, 0.717) is 31.5 Å². The summed E-state index contributed by atoms with van der Waals surface area (Å²) in [4.78, 5) is 23.6. The number of esters is 2. The van der Waals surface area contributed by atoms with E-state index in [1.807, 2.05) is 0 Å². The number of hydrogen-bond donors (Lipinski definition) is 0. The van der Waals surface area contributed by atoms with Crippen molar-refractivity contribution in [2.75, 3.05) is 13.2 Å². The van der Waals surface area contributed by atoms with Crippen LogP contribution < -0.4 is 0 Å². The van der Waals surface area contributed by atoms with Crippen LogP contribution in [0.3, 0.4) is 0 Å². The third-order valence-corrected chi connectivity index (χ3v) is 6.15. The van der Waals surface area contributed by atoms with Crippen molar-refractivity contribution in [2.45, 2.75) is 144 Å². The van der Waals surface area contributed by atoms with E-state index >= 15 is 0 Å². The van der Waals surface area contributed by atoms with Gasteiger partial charge in [-0.05, 0) is 31.1 Å². The molecule has 0 bridgehead atoms. The monoisotopic (exact) mass is 468 g/mol. The lowest BCUT2D eigenvalue weighted by Gasteiger charge is -2.15. The Morgan fingerprint density at radius 3 is 1.39 bits per heavy atom. The molecule has 0 aliphatic rings. The fourth-order valence-electron chi connectivity index (χ4n) is 3.97. The molecule has 0 rings (SSSR count). The summed E-state index contributed by atoms with van der Waals surface area (Å²) in [5.41, 5.74) is 0. The Kier molecular flexibility index (Phi) is 22.0. The zero-order chi connectivity index (χ0) is 24.7. The lowest BCUT2D eigenvalue weighted by molar-refractivity contribution is -0.150. The van der Waals surface area contributed by atoms with Crippen LogP contribution in [0.1, 0.15) is 144 Å². The molecule has 4 heteroatoms. The first-order valence-corrected chi connectivity index (χ1v) is 14.2. The first-order valence-electron chi connectivity index (χ1n) is 14.2. The zero-order valence-corrected chi connectivity index (χ0v) is 22.8. The molecule has 1 unspecified atom stereocenters. The summed E-state index contributed by atoms with van der Waals surface area (Å²) in [5.74, 6) is 0.902. The molecule has 0 spiro atoms. The van der Waals surface area contributed by atoms with Crippen LogP contribution in [0.5, 0.6) is 0 Å². The predicted octanol–water partition coefficient (Wildman–Crippen LogP) is 8.65. The van der Waals surface area contributed by atoms with Gasteiger partial charge >= 0.3 is 11.9 Å². The molecule has 0 heterocycles. The summed E-state index contributed by atoms with van der Waals surface area (Å²) < 4.78 is 10.6. The second kappa shape index (κ2) is 22.7. The maximum atomic E-state index is 12.1. The van der Waals surface area contributed by atoms with Gasteiger partial charge in [-0.3, -0.25) is 9.59 Å². The number of ether oxygens (including phenoxy) is 2. The fourth-order valence-corrected chi connectivity index (χ4v) is 3.97. The Labute approximate surface area is 206 Å². The van der Waals surface area contributed by atoms with Gasteiger partial charge in [0, 0.05) is 6.42 Å². The number of rotatable bonds is 23. The predicted molar refractivity (Wildman–Crippen MR) is 139 cm³/mol. The fraction of sp³-hybridized carbons (Fsp3) is 0.931. The van der Waals surface area contributed by atoms with Crippen LogP contribution in [0.2, 0.25) is 0 Å². The van der Waals surface area contributed by atoms with E-state index in [9.17, 15) is 9.59 Å². The molecule has 0 aromatic heterocycles. The molecular formula is C29H56O4. The summed E-state index contributed by atoms with van der Waals surface area (Å²) >= 11 is 0. The van der Waals surface area contributed by atoms with Gasteiger partial charge in [0.1, 0.15) is 0 Å². The van der Waals surface area contributed by atoms with E-state index in [1.54, 1.807) is 0 Å². The Morgan fingerprint density at radius 1 is 0.576 bits per heavy atom. The first kappa shape index (κ1) is 31.9. The highest BCUT2D eigenvalue weighted by Crippen LogP contribution is 2.18. The van der Waals surface area contributed by atoms with E-state index in [2.05, 4.69) is 34.6 Å². The lowest BCUT2D eigenvalue weighted by Crippen LogP contribution is -2.19. The Bertz CT molecular complexity index is 459. The third kappa shape index (κ3) is 22.5. The van der Waals surface area contributed by atoms with Crippen molar-refractivity contribution < 1.29 is 19.1 Å². The molecule has 0 aromatic carbocycles. The molecule has 33 heavy (non-hydrogen) atoms. The largest absolute Gasteiger partial charge is 0.465 e. The van der Waals surface area contributed by atoms with Crippen molar-refractivity contribution in [3.63, 3.8) is 0 Å². The van der Waals surface area contributed by atoms with Crippen LogP contribution in [0.4, 0.5) is 0 Å². The maximum absolute atomic E-state index is 12.1. The van der Waals surface area contributed by atoms with Gasteiger partial charge < -0.3 is 9.47 Å².